The number of hydrogen-bond donors (Lipinski definition) is 13. The number of para-hydroxylation sites is 1. The number of ether oxygens (including phenoxy) is 7. The zero-order valence-electron chi connectivity index (χ0n) is 57.7. The molecule has 3 aromatic carbocycles. The third-order valence-electron chi connectivity index (χ3n) is 18.3. The first-order valence-electron chi connectivity index (χ1n) is 33.5. The zero-order valence-corrected chi connectivity index (χ0v) is 58.5. The van der Waals surface area contributed by atoms with Crippen molar-refractivity contribution in [3.8, 4) is 28.7 Å². The molecule has 1 fully saturated rings. The largest absolute Gasteiger partial charge is 0.493 e. The van der Waals surface area contributed by atoms with Crippen molar-refractivity contribution in [2.75, 3.05) is 66.4 Å². The fourth-order valence-electron chi connectivity index (χ4n) is 12.4. The maximum atomic E-state index is 14.6. The highest BCUT2D eigenvalue weighted by Crippen LogP contribution is 2.56. The molecule has 7 rings (SSSR count). The number of hydrogen-bond acceptors (Lipinski definition) is 21. The number of nitrogens with one attached hydrogen (secondary N) is 8. The van der Waals surface area contributed by atoms with Crippen molar-refractivity contribution in [3.05, 3.63) is 77.0 Å². The number of esters is 2. The Morgan fingerprint density at radius 3 is 1.84 bits per heavy atom. The Kier molecular flexibility index (Phi) is 28.8. The number of primary amides is 1. The number of fused-ring (bicyclic) bond motifs is 4. The molecule has 1 aromatic heterocycles. The van der Waals surface area contributed by atoms with Crippen LogP contribution in [0.4, 0.5) is 0 Å². The van der Waals surface area contributed by atoms with Crippen molar-refractivity contribution >= 4 is 87.8 Å². The van der Waals surface area contributed by atoms with Crippen LogP contribution in [-0.2, 0) is 63.8 Å². The molecule has 0 spiro atoms. The van der Waals surface area contributed by atoms with E-state index in [0.717, 1.165) is 28.2 Å². The van der Waals surface area contributed by atoms with Crippen LogP contribution >= 0.6 is 11.8 Å². The van der Waals surface area contributed by atoms with Crippen molar-refractivity contribution < 1.29 is 81.1 Å². The number of nitrogens with two attached hydrogens (primary N) is 5. The second-order valence-electron chi connectivity index (χ2n) is 25.0. The van der Waals surface area contributed by atoms with Crippen LogP contribution in [0, 0.1) is 23.7 Å². The fraction of sp³-hybridized carbons (Fsp3) is 0.544. The number of aromatic amines is 1. The number of nitrogens with zero attached hydrogens (tertiary/aromatic N) is 1. The van der Waals surface area contributed by atoms with E-state index >= 15 is 0 Å². The third kappa shape index (κ3) is 19.9. The number of aliphatic imine (C=N–C) groups is 1. The minimum Gasteiger partial charge on any atom is -0.493 e. The number of aromatic nitrogens is 1. The van der Waals surface area contributed by atoms with Gasteiger partial charge in [-0.1, -0.05) is 58.7 Å². The van der Waals surface area contributed by atoms with Gasteiger partial charge in [0.1, 0.15) is 42.4 Å². The molecule has 2 aliphatic heterocycles. The number of methoxy groups -OCH3 is 3. The van der Waals surface area contributed by atoms with Gasteiger partial charge in [0.25, 0.3) is 0 Å². The van der Waals surface area contributed by atoms with Crippen LogP contribution < -0.4 is 89.6 Å². The molecule has 1 aliphatic carbocycles. The quantitative estimate of drug-likeness (QED) is 0.0128. The topological polar surface area (TPSA) is 478 Å². The van der Waals surface area contributed by atoms with Crippen LogP contribution in [0.1, 0.15) is 120 Å². The molecule has 0 bridgehead atoms. The summed E-state index contributed by atoms with van der Waals surface area (Å²) in [5.41, 5.74) is 32.4. The van der Waals surface area contributed by atoms with E-state index in [1.165, 1.54) is 28.4 Å². The van der Waals surface area contributed by atoms with E-state index in [1.54, 1.807) is 51.2 Å². The molecular weight excluding hydrogens is 1320 g/mol. The number of carbonyl (C=O) groups is 10. The van der Waals surface area contributed by atoms with E-state index in [9.17, 15) is 47.9 Å². The van der Waals surface area contributed by atoms with E-state index in [-0.39, 0.29) is 76.1 Å². The molecule has 32 heteroatoms. The summed E-state index contributed by atoms with van der Waals surface area (Å²) in [7, 11) is 5.88. The highest BCUT2D eigenvalue weighted by Gasteiger charge is 2.54. The first kappa shape index (κ1) is 77.8. The lowest BCUT2D eigenvalue weighted by Crippen LogP contribution is -2.61. The van der Waals surface area contributed by atoms with Gasteiger partial charge < -0.3 is 104 Å². The number of likely N-dealkylation sites (N-methyl/N-ethyl adjacent to an activating group) is 1. The van der Waals surface area contributed by atoms with E-state index in [0.29, 0.717) is 71.1 Å². The Balaban J connectivity index is 1.02. The lowest BCUT2D eigenvalue weighted by atomic mass is 9.66. The Hall–Kier alpha value is -9.56. The number of guanidine groups is 1. The number of rotatable bonds is 39. The molecule has 18 N–H and O–H groups in total. The van der Waals surface area contributed by atoms with Crippen molar-refractivity contribution in [2.45, 2.75) is 146 Å². The molecule has 4 aromatic rings. The third-order valence-corrected chi connectivity index (χ3v) is 19.3. The van der Waals surface area contributed by atoms with Gasteiger partial charge in [0.05, 0.1) is 45.6 Å². The molecule has 3 aliphatic rings. The molecule has 0 radical (unpaired) electrons. The van der Waals surface area contributed by atoms with Crippen LogP contribution in [-0.4, -0.2) is 179 Å². The van der Waals surface area contributed by atoms with Gasteiger partial charge in [-0.05, 0) is 104 Å². The van der Waals surface area contributed by atoms with Gasteiger partial charge >= 0.3 is 11.9 Å². The van der Waals surface area contributed by atoms with Crippen LogP contribution in [0.5, 0.6) is 28.7 Å². The van der Waals surface area contributed by atoms with Gasteiger partial charge in [-0.25, -0.2) is 0 Å². The number of carbonyl (C=O) groups excluding carboxylic acids is 10. The Morgan fingerprint density at radius 1 is 0.690 bits per heavy atom. The number of thioether (sulfide) groups is 1. The molecule has 0 saturated carbocycles. The number of H-pyrrole nitrogens is 1. The van der Waals surface area contributed by atoms with Gasteiger partial charge in [-0.15, -0.1) is 11.8 Å². The first-order valence-corrected chi connectivity index (χ1v) is 34.6. The molecule has 31 nitrogen and oxygen atoms in total. The van der Waals surface area contributed by atoms with E-state index in [1.807, 2.05) is 31.2 Å². The average molecular weight is 1410 g/mol. The van der Waals surface area contributed by atoms with Crippen LogP contribution in [0.2, 0.25) is 0 Å². The maximum Gasteiger partial charge on any atom is 0.316 e. The van der Waals surface area contributed by atoms with Crippen molar-refractivity contribution in [1.29, 1.82) is 0 Å². The Labute approximate surface area is 584 Å². The molecule has 13 atom stereocenters. The minimum absolute atomic E-state index is 0.0208. The lowest BCUT2D eigenvalue weighted by molar-refractivity contribution is -0.151. The number of amides is 8. The van der Waals surface area contributed by atoms with Gasteiger partial charge in [0.15, 0.2) is 29.0 Å². The SMILES string of the molecule is CCC(C)[C@H](NC(=O)[C@H](CCCCN)NC(=O)[C@@H](NC(=O)[C@H](CCC(N)=O)NC(=O)[C@H](CCCN=C(N)N)NC(=O)[C@@H](N)CSCC(=O)O[C@H]1c2cc3c(cc2[C@@H](c2cc(OC)c(OC)c(OC)c2)[C@H]2C(=O)OC[C@@H]21)OCO3)C(C)CC)C(=O)N[C@@H](Cc1c[nH]c2ccccc12)C(=O)NC. The van der Waals surface area contributed by atoms with Crippen LogP contribution in [0.25, 0.3) is 10.9 Å². The summed E-state index contributed by atoms with van der Waals surface area (Å²) in [5.74, 6) is -9.39. The average Bonchev–Trinajstić information content (AvgIpc) is 1.43. The van der Waals surface area contributed by atoms with Crippen molar-refractivity contribution in [1.82, 2.24) is 42.2 Å². The molecule has 546 valence electrons. The Morgan fingerprint density at radius 2 is 1.26 bits per heavy atom. The summed E-state index contributed by atoms with van der Waals surface area (Å²) in [5, 5.41) is 19.9. The molecule has 8 amide bonds. The molecule has 1 saturated heterocycles. The fourth-order valence-corrected chi connectivity index (χ4v) is 13.2. The number of benzene rings is 3. The first-order chi connectivity index (χ1) is 47.9. The smallest absolute Gasteiger partial charge is 0.316 e. The van der Waals surface area contributed by atoms with Crippen LogP contribution in [0.3, 0.4) is 0 Å². The predicted molar refractivity (Wildman–Crippen MR) is 370 cm³/mol. The summed E-state index contributed by atoms with van der Waals surface area (Å²) < 4.78 is 40.3. The maximum absolute atomic E-state index is 14.6. The zero-order chi connectivity index (χ0) is 72.9. The number of cyclic esters (lactones) is 1. The summed E-state index contributed by atoms with van der Waals surface area (Å²) in [6, 6.07) is 5.39. The molecule has 100 heavy (non-hydrogen) atoms. The van der Waals surface area contributed by atoms with Gasteiger partial charge in [0.2, 0.25) is 59.8 Å². The lowest BCUT2D eigenvalue weighted by Gasteiger charge is -2.38. The normalized spacial score (nSPS) is 18.4. The van der Waals surface area contributed by atoms with Crippen molar-refractivity contribution in [2.24, 2.45) is 57.3 Å². The molecule has 2 unspecified atom stereocenters. The summed E-state index contributed by atoms with van der Waals surface area (Å²) in [4.78, 5) is 147. The second kappa shape index (κ2) is 37.0. The van der Waals surface area contributed by atoms with E-state index in [2.05, 4.69) is 47.2 Å². The molecule has 3 heterocycles. The number of unbranched alkanes of at least 4 members (excludes halogenated alkanes) is 1. The van der Waals surface area contributed by atoms with E-state index < -0.39 is 144 Å². The molecular formula is C68H96N14O17S. The van der Waals surface area contributed by atoms with E-state index in [4.69, 9.17) is 61.8 Å². The van der Waals surface area contributed by atoms with Gasteiger partial charge in [-0.2, -0.15) is 0 Å². The monoisotopic (exact) mass is 1410 g/mol. The standard InChI is InChI=1S/C68H96N14O17S/c1-9-34(3)56(65(90)79-44(18-13-14-22-69)63(88)81-57(35(4)10-2)66(91)80-47(61(86)74-5)24-37-29-76-43-17-12-11-16-38(37)43)82-64(89)46(20-21-52(71)83)78-62(87)45(19-15-23-75-68(72)73)77-60(85)42(70)31-100-32-53(84)99-58-40-28-49-48(97-33-98-49)27-39(40)54(55-41(58)30-96-67(55)92)36-25-50(93-6)59(95-8)51(26-36)94-7/h11-12,16-17,25-29,34-35,41-42,44-47,54-58,76H,9-10,13-15,18-24,30-33,69-70H2,1-8H3,(H2,71,83)(H,74,86)(H,77,85)(H,78,87)(H,79,90)(H,80,91)(H,81,88)(H,82,89)(H4,72,73,75)/t34?,35?,41-,42-,44-,45-,46-,47-,54+,55-,56-,57-,58-/m0/s1. The summed E-state index contributed by atoms with van der Waals surface area (Å²) in [6.45, 7) is 7.21. The Bertz CT molecular complexity index is 3580. The van der Waals surface area contributed by atoms with Crippen molar-refractivity contribution in [3.63, 3.8) is 0 Å². The van der Waals surface area contributed by atoms with Crippen LogP contribution in [0.15, 0.2) is 59.7 Å². The summed E-state index contributed by atoms with van der Waals surface area (Å²) >= 11 is 0.963. The second-order valence-corrected chi connectivity index (χ2v) is 26.1. The minimum atomic E-state index is -1.54. The summed E-state index contributed by atoms with van der Waals surface area (Å²) in [6.07, 6.45) is 1.82. The van der Waals surface area contributed by atoms with Gasteiger partial charge in [0, 0.05) is 66.7 Å². The predicted octanol–water partition coefficient (Wildman–Crippen LogP) is 0.940. The highest BCUT2D eigenvalue weighted by atomic mass is 32.2. The highest BCUT2D eigenvalue weighted by molar-refractivity contribution is 8.00. The van der Waals surface area contributed by atoms with Gasteiger partial charge in [-0.3, -0.25) is 52.9 Å².